The van der Waals surface area contributed by atoms with Crippen LogP contribution >= 0.6 is 11.5 Å². The van der Waals surface area contributed by atoms with E-state index in [1.807, 2.05) is 0 Å². The minimum Gasteiger partial charge on any atom is -0.354 e. The molecular weight excluding hydrogens is 279 g/mol. The van der Waals surface area contributed by atoms with Crippen LogP contribution in [0.4, 0.5) is 26.6 Å². The first kappa shape index (κ1) is 13.1. The molecule has 1 aromatic heterocycles. The monoisotopic (exact) mass is 294 g/mol. The summed E-state index contributed by atoms with van der Waals surface area (Å²) in [7, 11) is 0. The Hall–Kier alpha value is -1.86. The van der Waals surface area contributed by atoms with Crippen LogP contribution in [0.15, 0.2) is 24.3 Å². The lowest BCUT2D eigenvalue weighted by atomic mass is 10.3. The third-order valence-corrected chi connectivity index (χ3v) is 4.06. The molecule has 5 nitrogen and oxygen atoms in total. The van der Waals surface area contributed by atoms with Crippen molar-refractivity contribution < 1.29 is 9.60 Å². The maximum absolute atomic E-state index is 13.8. The van der Waals surface area contributed by atoms with E-state index in [0.717, 1.165) is 43.3 Å². The third-order valence-electron chi connectivity index (χ3n) is 3.31. The lowest BCUT2D eigenvalue weighted by molar-refractivity contribution is 0.391. The van der Waals surface area contributed by atoms with Crippen LogP contribution in [0.2, 0.25) is 0 Å². The minimum absolute atomic E-state index is 0.338. The summed E-state index contributed by atoms with van der Waals surface area (Å²) in [5.41, 5.74) is 3.10. The van der Waals surface area contributed by atoms with Gasteiger partial charge >= 0.3 is 0 Å². The number of halogens is 1. The van der Waals surface area contributed by atoms with Crippen LogP contribution < -0.4 is 15.7 Å². The molecule has 106 valence electrons. The van der Waals surface area contributed by atoms with Gasteiger partial charge in [-0.25, -0.2) is 4.39 Å². The third kappa shape index (κ3) is 2.41. The zero-order valence-corrected chi connectivity index (χ0v) is 11.6. The Bertz CT molecular complexity index is 598. The van der Waals surface area contributed by atoms with E-state index in [2.05, 4.69) is 20.1 Å². The fourth-order valence-electron chi connectivity index (χ4n) is 2.31. The SMILES string of the molecule is ONc1snc(N2CCCC2)c1Nc1ccccc1F. The molecule has 1 aromatic carbocycles. The van der Waals surface area contributed by atoms with Crippen LogP contribution in [0.1, 0.15) is 12.8 Å². The average Bonchev–Trinajstić information content (AvgIpc) is 3.10. The molecule has 0 aliphatic carbocycles. The maximum Gasteiger partial charge on any atom is 0.168 e. The summed E-state index contributed by atoms with van der Waals surface area (Å²) in [4.78, 5) is 2.14. The summed E-state index contributed by atoms with van der Waals surface area (Å²) in [5, 5.41) is 12.7. The largest absolute Gasteiger partial charge is 0.354 e. The smallest absolute Gasteiger partial charge is 0.168 e. The van der Waals surface area contributed by atoms with E-state index >= 15 is 0 Å². The van der Waals surface area contributed by atoms with Gasteiger partial charge in [-0.05, 0) is 36.5 Å². The molecule has 0 saturated carbocycles. The molecule has 0 radical (unpaired) electrons. The van der Waals surface area contributed by atoms with Gasteiger partial charge in [-0.15, -0.1) is 0 Å². The predicted octanol–water partition coefficient (Wildman–Crippen LogP) is 3.43. The molecule has 7 heteroatoms. The first-order valence-corrected chi connectivity index (χ1v) is 7.23. The van der Waals surface area contributed by atoms with Crippen molar-refractivity contribution in [1.29, 1.82) is 0 Å². The van der Waals surface area contributed by atoms with Gasteiger partial charge in [-0.3, -0.25) is 10.7 Å². The number of aromatic nitrogens is 1. The number of anilines is 4. The van der Waals surface area contributed by atoms with E-state index < -0.39 is 0 Å². The Morgan fingerprint density at radius 3 is 2.70 bits per heavy atom. The Morgan fingerprint density at radius 2 is 2.00 bits per heavy atom. The zero-order valence-electron chi connectivity index (χ0n) is 10.8. The highest BCUT2D eigenvalue weighted by atomic mass is 32.1. The number of hydrogen-bond acceptors (Lipinski definition) is 6. The molecule has 1 fully saturated rings. The standard InChI is InChI=1S/C13H15FN4OS/c14-9-5-1-2-6-10(9)15-11-12(17-20-13(11)16-19)18-7-3-4-8-18/h1-2,5-6,15-16,19H,3-4,7-8H2. The summed E-state index contributed by atoms with van der Waals surface area (Å²) in [6.45, 7) is 1.86. The van der Waals surface area contributed by atoms with Gasteiger partial charge in [0.2, 0.25) is 0 Å². The molecule has 20 heavy (non-hydrogen) atoms. The van der Waals surface area contributed by atoms with Crippen molar-refractivity contribution >= 4 is 33.7 Å². The average molecular weight is 294 g/mol. The second-order valence-electron chi connectivity index (χ2n) is 4.62. The van der Waals surface area contributed by atoms with Gasteiger partial charge in [0, 0.05) is 13.1 Å². The highest BCUT2D eigenvalue weighted by Crippen LogP contribution is 2.40. The first-order valence-electron chi connectivity index (χ1n) is 6.46. The van der Waals surface area contributed by atoms with Gasteiger partial charge in [0.1, 0.15) is 11.5 Å². The van der Waals surface area contributed by atoms with Crippen LogP contribution in [0, 0.1) is 5.82 Å². The maximum atomic E-state index is 13.8. The van der Waals surface area contributed by atoms with Crippen molar-refractivity contribution in [1.82, 2.24) is 4.37 Å². The van der Waals surface area contributed by atoms with Gasteiger partial charge in [-0.1, -0.05) is 12.1 Å². The molecule has 3 rings (SSSR count). The summed E-state index contributed by atoms with van der Waals surface area (Å²) < 4.78 is 18.1. The van der Waals surface area contributed by atoms with Gasteiger partial charge in [-0.2, -0.15) is 4.37 Å². The molecule has 2 heterocycles. The highest BCUT2D eigenvalue weighted by molar-refractivity contribution is 7.11. The van der Waals surface area contributed by atoms with Crippen LogP contribution in [-0.4, -0.2) is 22.7 Å². The van der Waals surface area contributed by atoms with Crippen molar-refractivity contribution in [3.63, 3.8) is 0 Å². The second-order valence-corrected chi connectivity index (χ2v) is 5.39. The van der Waals surface area contributed by atoms with Crippen molar-refractivity contribution in [3.05, 3.63) is 30.1 Å². The Kier molecular flexibility index (Phi) is 3.70. The van der Waals surface area contributed by atoms with Crippen molar-refractivity contribution in [2.45, 2.75) is 12.8 Å². The quantitative estimate of drug-likeness (QED) is 0.754. The minimum atomic E-state index is -0.338. The van der Waals surface area contributed by atoms with Gasteiger partial charge in [0.25, 0.3) is 0 Å². The van der Waals surface area contributed by atoms with E-state index in [4.69, 9.17) is 0 Å². The second kappa shape index (κ2) is 5.64. The van der Waals surface area contributed by atoms with E-state index in [-0.39, 0.29) is 5.82 Å². The van der Waals surface area contributed by atoms with E-state index in [9.17, 15) is 9.60 Å². The fraction of sp³-hybridized carbons (Fsp3) is 0.308. The molecular formula is C13H15FN4OS. The molecule has 2 aromatic rings. The molecule has 3 N–H and O–H groups in total. The molecule has 0 atom stereocenters. The Labute approximate surface area is 120 Å². The van der Waals surface area contributed by atoms with Crippen molar-refractivity contribution in [2.24, 2.45) is 0 Å². The lowest BCUT2D eigenvalue weighted by Gasteiger charge is -2.17. The molecule has 1 aliphatic rings. The van der Waals surface area contributed by atoms with Crippen LogP contribution in [0.5, 0.6) is 0 Å². The van der Waals surface area contributed by atoms with Gasteiger partial charge in [0.05, 0.1) is 5.69 Å². The predicted molar refractivity (Wildman–Crippen MR) is 78.7 cm³/mol. The lowest BCUT2D eigenvalue weighted by Crippen LogP contribution is -2.19. The van der Waals surface area contributed by atoms with Crippen LogP contribution in [0.3, 0.4) is 0 Å². The van der Waals surface area contributed by atoms with Crippen molar-refractivity contribution in [3.8, 4) is 0 Å². The zero-order chi connectivity index (χ0) is 13.9. The topological polar surface area (TPSA) is 60.4 Å². The Morgan fingerprint density at radius 1 is 1.25 bits per heavy atom. The van der Waals surface area contributed by atoms with E-state index in [0.29, 0.717) is 16.4 Å². The molecule has 0 spiro atoms. The molecule has 1 aliphatic heterocycles. The number of nitrogens with one attached hydrogen (secondary N) is 2. The van der Waals surface area contributed by atoms with Gasteiger partial charge < -0.3 is 10.2 Å². The van der Waals surface area contributed by atoms with E-state index in [1.165, 1.54) is 6.07 Å². The number of nitrogens with zero attached hydrogens (tertiary/aromatic N) is 2. The summed E-state index contributed by atoms with van der Waals surface area (Å²) in [6, 6.07) is 6.44. The highest BCUT2D eigenvalue weighted by Gasteiger charge is 2.22. The molecule has 1 saturated heterocycles. The van der Waals surface area contributed by atoms with Crippen molar-refractivity contribution in [2.75, 3.05) is 28.8 Å². The van der Waals surface area contributed by atoms with Crippen LogP contribution in [-0.2, 0) is 0 Å². The fourth-order valence-corrected chi connectivity index (χ4v) is 2.97. The van der Waals surface area contributed by atoms with Crippen LogP contribution in [0.25, 0.3) is 0 Å². The molecule has 0 bridgehead atoms. The normalized spacial score (nSPS) is 14.6. The van der Waals surface area contributed by atoms with Gasteiger partial charge in [0.15, 0.2) is 10.8 Å². The molecule has 0 amide bonds. The number of benzene rings is 1. The summed E-state index contributed by atoms with van der Waals surface area (Å²) in [5.74, 6) is 0.419. The number of hydrogen-bond donors (Lipinski definition) is 3. The summed E-state index contributed by atoms with van der Waals surface area (Å²) >= 11 is 1.15. The number of para-hydroxylation sites is 1. The Balaban J connectivity index is 1.94. The number of rotatable bonds is 4. The molecule has 0 unspecified atom stereocenters. The first-order chi connectivity index (χ1) is 9.79. The van der Waals surface area contributed by atoms with E-state index in [1.54, 1.807) is 18.2 Å². The summed E-state index contributed by atoms with van der Waals surface area (Å²) in [6.07, 6.45) is 2.25.